The highest BCUT2D eigenvalue weighted by Gasteiger charge is 2.49. The van der Waals surface area contributed by atoms with Gasteiger partial charge in [-0.15, -0.1) is 11.3 Å². The quantitative estimate of drug-likeness (QED) is 0.744. The number of hydrogen-bond donors (Lipinski definition) is 1. The number of Topliss-reactive ketones (excluding diaryl/α,β-unsaturated/α-hetero) is 1. The predicted molar refractivity (Wildman–Crippen MR) is 54.2 cm³/mol. The smallest absolute Gasteiger partial charge is 0.180 e. The second-order valence-electron chi connectivity index (χ2n) is 3.62. The molecule has 2 rings (SSSR count). The maximum absolute atomic E-state index is 12.0. The summed E-state index contributed by atoms with van der Waals surface area (Å²) in [7, 11) is 1.90. The predicted octanol–water partition coefficient (Wildman–Crippen LogP) is 1.93. The van der Waals surface area contributed by atoms with E-state index in [1.807, 2.05) is 24.6 Å². The fraction of sp³-hybridized carbons (Fsp3) is 0.500. The highest BCUT2D eigenvalue weighted by atomic mass is 32.1. The second-order valence-corrected chi connectivity index (χ2v) is 4.56. The Morgan fingerprint density at radius 3 is 2.92 bits per heavy atom. The average molecular weight is 195 g/mol. The minimum Gasteiger partial charge on any atom is -0.319 e. The van der Waals surface area contributed by atoms with Crippen molar-refractivity contribution in [1.82, 2.24) is 5.32 Å². The lowest BCUT2D eigenvalue weighted by Crippen LogP contribution is -2.27. The lowest BCUT2D eigenvalue weighted by atomic mass is 10.00. The van der Waals surface area contributed by atoms with Crippen LogP contribution in [0.15, 0.2) is 17.5 Å². The molecule has 3 heteroatoms. The normalized spacial score (nSPS) is 18.5. The number of ketones is 1. The largest absolute Gasteiger partial charge is 0.319 e. The Labute approximate surface area is 82.0 Å². The van der Waals surface area contributed by atoms with Gasteiger partial charge in [-0.2, -0.15) is 0 Å². The molecule has 0 amide bonds. The number of carbonyl (C=O) groups is 1. The second kappa shape index (κ2) is 3.24. The van der Waals surface area contributed by atoms with Crippen LogP contribution < -0.4 is 5.32 Å². The lowest BCUT2D eigenvalue weighted by molar-refractivity contribution is 0.0904. The van der Waals surface area contributed by atoms with Gasteiger partial charge in [0.15, 0.2) is 5.78 Å². The summed E-state index contributed by atoms with van der Waals surface area (Å²) in [5.74, 6) is 0.330. The van der Waals surface area contributed by atoms with Crippen molar-refractivity contribution in [3.05, 3.63) is 22.4 Å². The Morgan fingerprint density at radius 1 is 1.69 bits per heavy atom. The monoisotopic (exact) mass is 195 g/mol. The van der Waals surface area contributed by atoms with E-state index in [-0.39, 0.29) is 5.41 Å². The molecule has 1 aliphatic rings. The zero-order valence-corrected chi connectivity index (χ0v) is 8.49. The number of hydrogen-bond acceptors (Lipinski definition) is 3. The molecule has 2 nitrogen and oxygen atoms in total. The van der Waals surface area contributed by atoms with Crippen molar-refractivity contribution in [3.63, 3.8) is 0 Å². The van der Waals surface area contributed by atoms with Gasteiger partial charge in [0.25, 0.3) is 0 Å². The number of carbonyl (C=O) groups excluding carboxylic acids is 1. The van der Waals surface area contributed by atoms with Crippen LogP contribution in [0.5, 0.6) is 0 Å². The molecule has 1 fully saturated rings. The van der Waals surface area contributed by atoms with Crippen LogP contribution in [-0.2, 0) is 0 Å². The zero-order chi connectivity index (χ0) is 9.31. The van der Waals surface area contributed by atoms with Crippen molar-refractivity contribution < 1.29 is 4.79 Å². The van der Waals surface area contributed by atoms with E-state index in [9.17, 15) is 4.79 Å². The summed E-state index contributed by atoms with van der Waals surface area (Å²) >= 11 is 1.55. The first-order valence-electron chi connectivity index (χ1n) is 4.51. The molecule has 0 aliphatic heterocycles. The summed E-state index contributed by atoms with van der Waals surface area (Å²) < 4.78 is 0. The third-order valence-corrected chi connectivity index (χ3v) is 3.46. The molecular weight excluding hydrogens is 182 g/mol. The van der Waals surface area contributed by atoms with Crippen LogP contribution >= 0.6 is 11.3 Å². The maximum Gasteiger partial charge on any atom is 0.180 e. The van der Waals surface area contributed by atoms with Crippen molar-refractivity contribution in [3.8, 4) is 0 Å². The number of nitrogens with one attached hydrogen (secondary N) is 1. The summed E-state index contributed by atoms with van der Waals surface area (Å²) in [5.41, 5.74) is -0.0559. The summed E-state index contributed by atoms with van der Waals surface area (Å²) in [4.78, 5) is 12.9. The van der Waals surface area contributed by atoms with Gasteiger partial charge in [0.05, 0.1) is 4.88 Å². The molecule has 0 aromatic carbocycles. The lowest BCUT2D eigenvalue weighted by Gasteiger charge is -2.11. The molecule has 1 aromatic rings. The molecule has 13 heavy (non-hydrogen) atoms. The van der Waals surface area contributed by atoms with E-state index in [4.69, 9.17) is 0 Å². The fourth-order valence-corrected chi connectivity index (χ4v) is 2.43. The van der Waals surface area contributed by atoms with Gasteiger partial charge in [-0.3, -0.25) is 4.79 Å². The van der Waals surface area contributed by atoms with Gasteiger partial charge in [0.2, 0.25) is 0 Å². The standard InChI is InChI=1S/C10H13NOS/c1-11-7-10(4-5-10)9(12)8-3-2-6-13-8/h2-3,6,11H,4-5,7H2,1H3. The summed E-state index contributed by atoms with van der Waals surface area (Å²) in [6.45, 7) is 0.823. The van der Waals surface area contributed by atoms with Crippen LogP contribution in [0.3, 0.4) is 0 Å². The minimum absolute atomic E-state index is 0.0559. The van der Waals surface area contributed by atoms with E-state index in [2.05, 4.69) is 5.32 Å². The Kier molecular flexibility index (Phi) is 2.22. The maximum atomic E-state index is 12.0. The molecule has 1 aliphatic carbocycles. The van der Waals surface area contributed by atoms with Gasteiger partial charge < -0.3 is 5.32 Å². The van der Waals surface area contributed by atoms with Crippen LogP contribution in [-0.4, -0.2) is 19.4 Å². The van der Waals surface area contributed by atoms with E-state index in [0.29, 0.717) is 5.78 Å². The summed E-state index contributed by atoms with van der Waals surface area (Å²) in [6, 6.07) is 3.86. The molecule has 0 atom stereocenters. The van der Waals surface area contributed by atoms with Gasteiger partial charge in [-0.05, 0) is 31.3 Å². The first-order chi connectivity index (χ1) is 6.28. The van der Waals surface area contributed by atoms with Crippen LogP contribution in [0.2, 0.25) is 0 Å². The van der Waals surface area contributed by atoms with Crippen LogP contribution in [0.1, 0.15) is 22.5 Å². The van der Waals surface area contributed by atoms with E-state index >= 15 is 0 Å². The van der Waals surface area contributed by atoms with Crippen molar-refractivity contribution in [1.29, 1.82) is 0 Å². The molecule has 1 aromatic heterocycles. The van der Waals surface area contributed by atoms with Crippen molar-refractivity contribution in [2.75, 3.05) is 13.6 Å². The van der Waals surface area contributed by atoms with Crippen molar-refractivity contribution >= 4 is 17.1 Å². The van der Waals surface area contributed by atoms with E-state index in [0.717, 1.165) is 24.3 Å². The van der Waals surface area contributed by atoms with Crippen LogP contribution in [0.4, 0.5) is 0 Å². The minimum atomic E-state index is -0.0559. The average Bonchev–Trinajstić information content (AvgIpc) is 2.72. The summed E-state index contributed by atoms with van der Waals surface area (Å²) in [5, 5.41) is 5.06. The molecule has 0 radical (unpaired) electrons. The Hall–Kier alpha value is -0.670. The Balaban J connectivity index is 2.14. The Morgan fingerprint density at radius 2 is 2.46 bits per heavy atom. The van der Waals surface area contributed by atoms with E-state index in [1.54, 1.807) is 11.3 Å². The SMILES string of the molecule is CNCC1(C(=O)c2cccs2)CC1. The topological polar surface area (TPSA) is 29.1 Å². The third-order valence-electron chi connectivity index (χ3n) is 2.60. The fourth-order valence-electron chi connectivity index (χ4n) is 1.64. The van der Waals surface area contributed by atoms with Crippen molar-refractivity contribution in [2.45, 2.75) is 12.8 Å². The number of thiophene rings is 1. The third kappa shape index (κ3) is 1.54. The molecule has 0 unspecified atom stereocenters. The number of rotatable bonds is 4. The van der Waals surface area contributed by atoms with E-state index < -0.39 is 0 Å². The van der Waals surface area contributed by atoms with Crippen molar-refractivity contribution in [2.24, 2.45) is 5.41 Å². The van der Waals surface area contributed by atoms with Gasteiger partial charge in [-0.25, -0.2) is 0 Å². The molecule has 1 heterocycles. The van der Waals surface area contributed by atoms with Crippen LogP contribution in [0, 0.1) is 5.41 Å². The summed E-state index contributed by atoms with van der Waals surface area (Å²) in [6.07, 6.45) is 2.09. The van der Waals surface area contributed by atoms with Gasteiger partial charge in [0.1, 0.15) is 0 Å². The molecular formula is C10H13NOS. The molecule has 70 valence electrons. The zero-order valence-electron chi connectivity index (χ0n) is 7.67. The van der Waals surface area contributed by atoms with Gasteiger partial charge in [-0.1, -0.05) is 6.07 Å². The molecule has 0 spiro atoms. The Bertz CT molecular complexity index is 301. The molecule has 1 saturated carbocycles. The first kappa shape index (κ1) is 8.91. The highest BCUT2D eigenvalue weighted by molar-refractivity contribution is 7.12. The van der Waals surface area contributed by atoms with Gasteiger partial charge >= 0.3 is 0 Å². The molecule has 1 N–H and O–H groups in total. The van der Waals surface area contributed by atoms with Gasteiger partial charge in [0, 0.05) is 12.0 Å². The van der Waals surface area contributed by atoms with Crippen LogP contribution in [0.25, 0.3) is 0 Å². The first-order valence-corrected chi connectivity index (χ1v) is 5.39. The molecule has 0 bridgehead atoms. The molecule has 0 saturated heterocycles. The highest BCUT2D eigenvalue weighted by Crippen LogP contribution is 2.48. The van der Waals surface area contributed by atoms with E-state index in [1.165, 1.54) is 0 Å².